The number of aryl methyl sites for hydroxylation is 6. The Morgan fingerprint density at radius 1 is 0.925 bits per heavy atom. The van der Waals surface area contributed by atoms with Crippen molar-refractivity contribution >= 4 is 56.6 Å². The lowest BCUT2D eigenvalue weighted by Crippen LogP contribution is -2.42. The smallest absolute Gasteiger partial charge is 0.275 e. The summed E-state index contributed by atoms with van der Waals surface area (Å²) in [6.07, 6.45) is 6.87. The average molecular weight is 747 g/mol. The van der Waals surface area contributed by atoms with Crippen LogP contribution in [0.3, 0.4) is 0 Å². The maximum atomic E-state index is 15.2. The fourth-order valence-corrected chi connectivity index (χ4v) is 8.47. The van der Waals surface area contributed by atoms with E-state index in [2.05, 4.69) is 57.3 Å². The summed E-state index contributed by atoms with van der Waals surface area (Å²) in [5.74, 6) is 1.38. The zero-order chi connectivity index (χ0) is 37.3. The molecule has 0 unspecified atom stereocenters. The fraction of sp³-hybridized carbons (Fsp3) is 0.286. The van der Waals surface area contributed by atoms with Crippen molar-refractivity contribution in [2.75, 3.05) is 18.1 Å². The number of hydrogen-bond acceptors (Lipinski definition) is 5. The van der Waals surface area contributed by atoms with Gasteiger partial charge in [-0.2, -0.15) is 5.10 Å². The molecule has 9 nitrogen and oxygen atoms in total. The Kier molecular flexibility index (Phi) is 8.82. The van der Waals surface area contributed by atoms with Crippen molar-refractivity contribution in [3.8, 4) is 28.3 Å². The van der Waals surface area contributed by atoms with E-state index in [1.807, 2.05) is 74.8 Å². The Balaban J connectivity index is 1.26. The second-order valence-corrected chi connectivity index (χ2v) is 15.0. The first-order valence-electron chi connectivity index (χ1n) is 17.9. The van der Waals surface area contributed by atoms with Crippen LogP contribution >= 0.6 is 23.2 Å². The van der Waals surface area contributed by atoms with E-state index >= 15 is 4.79 Å². The van der Waals surface area contributed by atoms with Crippen LogP contribution in [0.4, 0.5) is 5.69 Å². The molecule has 5 heterocycles. The third-order valence-electron chi connectivity index (χ3n) is 10.6. The van der Waals surface area contributed by atoms with E-state index < -0.39 is 0 Å². The molecule has 3 aromatic carbocycles. The van der Waals surface area contributed by atoms with Crippen molar-refractivity contribution < 1.29 is 9.53 Å². The molecule has 0 fully saturated rings. The Morgan fingerprint density at radius 3 is 2.36 bits per heavy atom. The largest absolute Gasteiger partial charge is 0.494 e. The van der Waals surface area contributed by atoms with E-state index in [-0.39, 0.29) is 11.9 Å². The molecule has 0 radical (unpaired) electrons. The molecule has 270 valence electrons. The van der Waals surface area contributed by atoms with Gasteiger partial charge in [0.1, 0.15) is 11.4 Å². The molecule has 7 aromatic rings. The van der Waals surface area contributed by atoms with Crippen LogP contribution < -0.4 is 9.64 Å². The topological polar surface area (TPSA) is 83.0 Å². The summed E-state index contributed by atoms with van der Waals surface area (Å²) >= 11 is 13.6. The highest BCUT2D eigenvalue weighted by Gasteiger charge is 2.37. The number of carbonyl (C=O) groups is 1. The van der Waals surface area contributed by atoms with Crippen LogP contribution in [0.25, 0.3) is 44.3 Å². The molecule has 1 aliphatic heterocycles. The normalized spacial score (nSPS) is 14.5. The first-order chi connectivity index (χ1) is 25.4. The van der Waals surface area contributed by atoms with Gasteiger partial charge in [0.25, 0.3) is 5.91 Å². The monoisotopic (exact) mass is 745 g/mol. The predicted octanol–water partition coefficient (Wildman–Crippen LogP) is 9.76. The van der Waals surface area contributed by atoms with E-state index in [0.29, 0.717) is 42.5 Å². The zero-order valence-corrected chi connectivity index (χ0v) is 32.5. The number of nitrogens with zero attached hydrogens (tertiary/aromatic N) is 7. The number of hydrogen-bond donors (Lipinski definition) is 0. The molecule has 0 aliphatic carbocycles. The van der Waals surface area contributed by atoms with Gasteiger partial charge >= 0.3 is 0 Å². The molecule has 1 aliphatic rings. The molecule has 0 saturated carbocycles. The molecular weight excluding hydrogens is 705 g/mol. The van der Waals surface area contributed by atoms with Crippen LogP contribution in [-0.2, 0) is 20.5 Å². The Morgan fingerprint density at radius 2 is 1.66 bits per heavy atom. The summed E-state index contributed by atoms with van der Waals surface area (Å²) in [6, 6.07) is 15.9. The number of fused-ring (bicyclic) bond motifs is 4. The molecule has 1 amide bonds. The number of benzene rings is 3. The Hall–Kier alpha value is -5.12. The van der Waals surface area contributed by atoms with Gasteiger partial charge in [-0.05, 0) is 107 Å². The second kappa shape index (κ2) is 13.4. The first-order valence-corrected chi connectivity index (χ1v) is 18.6. The molecule has 11 heteroatoms. The zero-order valence-electron chi connectivity index (χ0n) is 31.0. The number of rotatable bonds is 8. The summed E-state index contributed by atoms with van der Waals surface area (Å²) < 4.78 is 12.5. The molecule has 0 saturated heterocycles. The SMILES string of the molecule is Cc1cc(OCCCc2c3n(c4c(-c5c(C)nn(C)c5C)c(Cl)ccc24)[C@H](C)CN(c2cn(C)c4ccc(-c5ncccn5)cc24)C3=O)cc(C)c1Cl. The molecule has 0 bridgehead atoms. The number of halogens is 2. The van der Waals surface area contributed by atoms with Crippen molar-refractivity contribution in [1.82, 2.24) is 28.9 Å². The molecule has 8 rings (SSSR count). The van der Waals surface area contributed by atoms with Crippen LogP contribution in [0.15, 0.2) is 67.1 Å². The van der Waals surface area contributed by atoms with E-state index in [1.165, 1.54) is 0 Å². The number of amides is 1. The van der Waals surface area contributed by atoms with Crippen LogP contribution in [0.1, 0.15) is 58.0 Å². The lowest BCUT2D eigenvalue weighted by Gasteiger charge is -2.34. The first kappa shape index (κ1) is 34.9. The second-order valence-electron chi connectivity index (χ2n) is 14.2. The molecule has 0 N–H and O–H groups in total. The van der Waals surface area contributed by atoms with Crippen LogP contribution in [0.2, 0.25) is 10.0 Å². The molecule has 1 atom stereocenters. The molecule has 0 spiro atoms. The molecule has 53 heavy (non-hydrogen) atoms. The summed E-state index contributed by atoms with van der Waals surface area (Å²) in [5, 5.41) is 8.12. The van der Waals surface area contributed by atoms with Gasteiger partial charge in [0.05, 0.1) is 28.5 Å². The van der Waals surface area contributed by atoms with E-state index in [9.17, 15) is 0 Å². The summed E-state index contributed by atoms with van der Waals surface area (Å²) in [4.78, 5) is 26.1. The van der Waals surface area contributed by atoms with Gasteiger partial charge in [-0.1, -0.05) is 29.3 Å². The summed E-state index contributed by atoms with van der Waals surface area (Å²) in [6.45, 7) is 11.2. The van der Waals surface area contributed by atoms with Gasteiger partial charge in [-0.3, -0.25) is 9.48 Å². The van der Waals surface area contributed by atoms with Gasteiger partial charge in [0, 0.05) is 89.0 Å². The standard InChI is InChI=1S/C42H41Cl2N7O2/c1-23-18-29(19-24(2)38(23)44)53-17-8-10-30-31-12-13-33(43)37(36-26(4)47-49(7)27(36)5)39(31)51-25(3)21-50(42(52)40(30)51)35-22-48(6)34-14-11-28(20-32(34)35)41-45-15-9-16-46-41/h9,11-16,18-20,22,25H,8,10,17,21H2,1-7H3/t25-/m1/s1. The minimum atomic E-state index is -0.0689. The summed E-state index contributed by atoms with van der Waals surface area (Å²) in [5.41, 5.74) is 11.2. The quantitative estimate of drug-likeness (QED) is 0.145. The van der Waals surface area contributed by atoms with Crippen LogP contribution in [0, 0.1) is 27.7 Å². The summed E-state index contributed by atoms with van der Waals surface area (Å²) in [7, 11) is 3.97. The van der Waals surface area contributed by atoms with Crippen molar-refractivity contribution in [2.45, 2.75) is 53.5 Å². The number of aromatic nitrogens is 6. The van der Waals surface area contributed by atoms with Gasteiger partial charge in [-0.25, -0.2) is 9.97 Å². The van der Waals surface area contributed by atoms with E-state index in [1.54, 1.807) is 12.4 Å². The number of anilines is 1. The lowest BCUT2D eigenvalue weighted by molar-refractivity contribution is 0.0957. The number of carbonyl (C=O) groups excluding carboxylic acids is 1. The van der Waals surface area contributed by atoms with E-state index in [4.69, 9.17) is 33.0 Å². The van der Waals surface area contributed by atoms with E-state index in [0.717, 1.165) is 83.0 Å². The maximum absolute atomic E-state index is 15.2. The van der Waals surface area contributed by atoms with Gasteiger partial charge in [0.2, 0.25) is 0 Å². The van der Waals surface area contributed by atoms with Crippen LogP contribution in [-0.4, -0.2) is 47.9 Å². The lowest BCUT2D eigenvalue weighted by atomic mass is 9.98. The third kappa shape index (κ3) is 5.77. The van der Waals surface area contributed by atoms with Crippen molar-refractivity contribution in [1.29, 1.82) is 0 Å². The highest BCUT2D eigenvalue weighted by Crippen LogP contribution is 2.46. The predicted molar refractivity (Wildman–Crippen MR) is 214 cm³/mol. The highest BCUT2D eigenvalue weighted by atomic mass is 35.5. The minimum absolute atomic E-state index is 0.0465. The van der Waals surface area contributed by atoms with Gasteiger partial charge < -0.3 is 18.8 Å². The minimum Gasteiger partial charge on any atom is -0.494 e. The van der Waals surface area contributed by atoms with Crippen LogP contribution in [0.5, 0.6) is 5.75 Å². The fourth-order valence-electron chi connectivity index (χ4n) is 8.11. The Labute approximate surface area is 318 Å². The van der Waals surface area contributed by atoms with Crippen molar-refractivity contribution in [3.05, 3.63) is 111 Å². The number of ether oxygens (including phenoxy) is 1. The molecule has 4 aromatic heterocycles. The highest BCUT2D eigenvalue weighted by molar-refractivity contribution is 6.35. The molecular formula is C42H41Cl2N7O2. The van der Waals surface area contributed by atoms with Gasteiger partial charge in [-0.15, -0.1) is 0 Å². The average Bonchev–Trinajstić information content (AvgIpc) is 3.74. The van der Waals surface area contributed by atoms with Crippen molar-refractivity contribution in [2.24, 2.45) is 14.1 Å². The third-order valence-corrected chi connectivity index (χ3v) is 11.6. The Bertz CT molecular complexity index is 2560. The van der Waals surface area contributed by atoms with Gasteiger partial charge in [0.15, 0.2) is 5.82 Å². The van der Waals surface area contributed by atoms with Crippen molar-refractivity contribution in [3.63, 3.8) is 0 Å². The maximum Gasteiger partial charge on any atom is 0.275 e.